The van der Waals surface area contributed by atoms with Crippen molar-refractivity contribution in [2.75, 3.05) is 13.2 Å². The Morgan fingerprint density at radius 1 is 1.21 bits per heavy atom. The van der Waals surface area contributed by atoms with Crippen LogP contribution in [-0.4, -0.2) is 31.3 Å². The molecule has 2 amide bonds. The number of benzene rings is 2. The van der Waals surface area contributed by atoms with E-state index < -0.39 is 35.8 Å². The Bertz CT molecular complexity index is 913. The number of rotatable bonds is 6. The van der Waals surface area contributed by atoms with E-state index in [1.165, 1.54) is 24.3 Å². The maximum Gasteiger partial charge on any atom is 0.408 e. The van der Waals surface area contributed by atoms with Crippen LogP contribution in [0, 0.1) is 11.6 Å². The molecule has 1 saturated heterocycles. The lowest BCUT2D eigenvalue weighted by Crippen LogP contribution is -2.41. The van der Waals surface area contributed by atoms with E-state index in [4.69, 9.17) is 32.7 Å². The standard InChI is InChI=1S/C18H14Cl2F2N2O4/c19-11-5-9(1-3-13(11)21)15(24-17(25)16-7-23-18(26)28-16)8-27-10-2-4-14(22)12(20)6-10/h1-6,15-16H,7-8H2,(H,23,26)(H,24,25). The molecular weight excluding hydrogens is 417 g/mol. The Labute approximate surface area is 168 Å². The van der Waals surface area contributed by atoms with Gasteiger partial charge in [-0.3, -0.25) is 4.79 Å². The van der Waals surface area contributed by atoms with Crippen LogP contribution in [0.1, 0.15) is 11.6 Å². The average molecular weight is 431 g/mol. The van der Waals surface area contributed by atoms with Gasteiger partial charge in [-0.15, -0.1) is 0 Å². The number of nitrogens with one attached hydrogen (secondary N) is 2. The molecule has 0 radical (unpaired) electrons. The first-order valence-electron chi connectivity index (χ1n) is 8.11. The second-order valence-corrected chi connectivity index (χ2v) is 6.71. The predicted octanol–water partition coefficient (Wildman–Crippen LogP) is 3.62. The molecule has 0 bridgehead atoms. The third-order valence-corrected chi connectivity index (χ3v) is 4.52. The van der Waals surface area contributed by atoms with E-state index in [0.717, 1.165) is 12.1 Å². The normalized spacial score (nSPS) is 16.9. The maximum atomic E-state index is 13.5. The van der Waals surface area contributed by atoms with E-state index in [-0.39, 0.29) is 28.9 Å². The molecule has 1 heterocycles. The number of halogens is 4. The maximum absolute atomic E-state index is 13.5. The van der Waals surface area contributed by atoms with Crippen LogP contribution in [0.4, 0.5) is 13.6 Å². The molecule has 6 nitrogen and oxygen atoms in total. The van der Waals surface area contributed by atoms with Gasteiger partial charge in [0.1, 0.15) is 24.0 Å². The fraction of sp³-hybridized carbons (Fsp3) is 0.222. The van der Waals surface area contributed by atoms with Crippen LogP contribution in [0.15, 0.2) is 36.4 Å². The summed E-state index contributed by atoms with van der Waals surface area (Å²) in [6.07, 6.45) is -1.70. The second-order valence-electron chi connectivity index (χ2n) is 5.90. The topological polar surface area (TPSA) is 76.7 Å². The smallest absolute Gasteiger partial charge is 0.408 e. The molecule has 2 aromatic carbocycles. The van der Waals surface area contributed by atoms with Gasteiger partial charge in [-0.1, -0.05) is 29.3 Å². The summed E-state index contributed by atoms with van der Waals surface area (Å²) in [6.45, 7) is -0.0697. The minimum absolute atomic E-state index is 0.0238. The molecule has 0 spiro atoms. The van der Waals surface area contributed by atoms with E-state index >= 15 is 0 Å². The van der Waals surface area contributed by atoms with E-state index in [1.54, 1.807) is 0 Å². The number of carbonyl (C=O) groups excluding carboxylic acids is 2. The molecule has 0 aromatic heterocycles. The molecule has 148 valence electrons. The van der Waals surface area contributed by atoms with Crippen molar-refractivity contribution in [3.05, 3.63) is 63.6 Å². The SMILES string of the molecule is O=C1NCC(C(=O)NC(COc2ccc(F)c(Cl)c2)c2ccc(F)c(Cl)c2)O1. The molecule has 2 N–H and O–H groups in total. The highest BCUT2D eigenvalue weighted by atomic mass is 35.5. The molecular formula is C18H14Cl2F2N2O4. The third-order valence-electron chi connectivity index (χ3n) is 3.94. The zero-order valence-corrected chi connectivity index (χ0v) is 15.7. The summed E-state index contributed by atoms with van der Waals surface area (Å²) in [7, 11) is 0. The van der Waals surface area contributed by atoms with Gasteiger partial charge in [0.15, 0.2) is 6.10 Å². The highest BCUT2D eigenvalue weighted by Gasteiger charge is 2.31. The zero-order chi connectivity index (χ0) is 20.3. The number of alkyl carbamates (subject to hydrolysis) is 1. The van der Waals surface area contributed by atoms with Gasteiger partial charge >= 0.3 is 6.09 Å². The Kier molecular flexibility index (Phi) is 6.21. The number of carbonyl (C=O) groups is 2. The highest BCUT2D eigenvalue weighted by molar-refractivity contribution is 6.31. The Hall–Kier alpha value is -2.58. The van der Waals surface area contributed by atoms with Crippen LogP contribution in [0.2, 0.25) is 10.0 Å². The minimum Gasteiger partial charge on any atom is -0.491 e. The number of cyclic esters (lactones) is 1. The van der Waals surface area contributed by atoms with E-state index in [0.29, 0.717) is 5.56 Å². The molecule has 1 aliphatic rings. The van der Waals surface area contributed by atoms with Crippen LogP contribution < -0.4 is 15.4 Å². The van der Waals surface area contributed by atoms with Crippen molar-refractivity contribution >= 4 is 35.2 Å². The van der Waals surface area contributed by atoms with Crippen molar-refractivity contribution < 1.29 is 27.8 Å². The molecule has 10 heteroatoms. The summed E-state index contributed by atoms with van der Waals surface area (Å²) in [5.74, 6) is -1.51. The second kappa shape index (κ2) is 8.62. The van der Waals surface area contributed by atoms with Crippen LogP contribution in [0.3, 0.4) is 0 Å². The number of hydrogen-bond donors (Lipinski definition) is 2. The first-order chi connectivity index (χ1) is 13.3. The summed E-state index contributed by atoms with van der Waals surface area (Å²) in [4.78, 5) is 23.5. The summed E-state index contributed by atoms with van der Waals surface area (Å²) in [5.41, 5.74) is 0.463. The number of ether oxygens (including phenoxy) is 2. The third kappa shape index (κ3) is 4.82. The lowest BCUT2D eigenvalue weighted by molar-refractivity contribution is -0.128. The van der Waals surface area contributed by atoms with Crippen LogP contribution in [-0.2, 0) is 9.53 Å². The average Bonchev–Trinajstić information content (AvgIpc) is 3.10. The molecule has 1 aliphatic heterocycles. The van der Waals surface area contributed by atoms with Gasteiger partial charge in [-0.2, -0.15) is 0 Å². The fourth-order valence-corrected chi connectivity index (χ4v) is 2.86. The molecule has 0 saturated carbocycles. The number of amides is 2. The summed E-state index contributed by atoms with van der Waals surface area (Å²) < 4.78 is 37.2. The van der Waals surface area contributed by atoms with Gasteiger partial charge < -0.3 is 20.1 Å². The fourth-order valence-electron chi connectivity index (χ4n) is 2.50. The molecule has 3 rings (SSSR count). The van der Waals surface area contributed by atoms with Crippen LogP contribution >= 0.6 is 23.2 Å². The Morgan fingerprint density at radius 3 is 2.50 bits per heavy atom. The van der Waals surface area contributed by atoms with E-state index in [9.17, 15) is 18.4 Å². The largest absolute Gasteiger partial charge is 0.491 e. The molecule has 1 fully saturated rings. The molecule has 2 aromatic rings. The summed E-state index contributed by atoms with van der Waals surface area (Å²) >= 11 is 11.6. The minimum atomic E-state index is -1.01. The lowest BCUT2D eigenvalue weighted by Gasteiger charge is -2.21. The quantitative estimate of drug-likeness (QED) is 0.733. The van der Waals surface area contributed by atoms with Crippen molar-refractivity contribution in [3.8, 4) is 5.75 Å². The monoisotopic (exact) mass is 430 g/mol. The highest BCUT2D eigenvalue weighted by Crippen LogP contribution is 2.25. The van der Waals surface area contributed by atoms with E-state index in [2.05, 4.69) is 10.6 Å². The van der Waals surface area contributed by atoms with Crippen molar-refractivity contribution in [3.63, 3.8) is 0 Å². The Balaban J connectivity index is 1.76. The first kappa shape index (κ1) is 20.2. The van der Waals surface area contributed by atoms with Crippen molar-refractivity contribution in [1.82, 2.24) is 10.6 Å². The van der Waals surface area contributed by atoms with Gasteiger partial charge in [-0.25, -0.2) is 13.6 Å². The van der Waals surface area contributed by atoms with Gasteiger partial charge in [-0.05, 0) is 29.8 Å². The molecule has 2 unspecified atom stereocenters. The Morgan fingerprint density at radius 2 is 1.89 bits per heavy atom. The van der Waals surface area contributed by atoms with Crippen LogP contribution in [0.5, 0.6) is 5.75 Å². The summed E-state index contributed by atoms with van der Waals surface area (Å²) in [6, 6.07) is 6.99. The molecule has 0 aliphatic carbocycles. The van der Waals surface area contributed by atoms with Gasteiger partial charge in [0.2, 0.25) is 0 Å². The van der Waals surface area contributed by atoms with Crippen LogP contribution in [0.25, 0.3) is 0 Å². The molecule has 28 heavy (non-hydrogen) atoms. The first-order valence-corrected chi connectivity index (χ1v) is 8.86. The van der Waals surface area contributed by atoms with Gasteiger partial charge in [0.25, 0.3) is 5.91 Å². The van der Waals surface area contributed by atoms with Gasteiger partial charge in [0, 0.05) is 6.07 Å². The number of hydrogen-bond acceptors (Lipinski definition) is 4. The van der Waals surface area contributed by atoms with Gasteiger partial charge in [0.05, 0.1) is 22.6 Å². The summed E-state index contributed by atoms with van der Waals surface area (Å²) in [5, 5.41) is 4.80. The lowest BCUT2D eigenvalue weighted by atomic mass is 10.1. The van der Waals surface area contributed by atoms with Crippen molar-refractivity contribution in [2.45, 2.75) is 12.1 Å². The van der Waals surface area contributed by atoms with E-state index in [1.807, 2.05) is 0 Å². The van der Waals surface area contributed by atoms with Crippen molar-refractivity contribution in [1.29, 1.82) is 0 Å². The van der Waals surface area contributed by atoms with Crippen molar-refractivity contribution in [2.24, 2.45) is 0 Å². The predicted molar refractivity (Wildman–Crippen MR) is 97.5 cm³/mol. The zero-order valence-electron chi connectivity index (χ0n) is 14.2. The molecule has 2 atom stereocenters.